The number of hydrogen-bond acceptors (Lipinski definition) is 5. The molecule has 1 N–H and O–H groups in total. The number of ether oxygens (including phenoxy) is 1. The van der Waals surface area contributed by atoms with Gasteiger partial charge in [0, 0.05) is 17.1 Å². The molecular formula is C13H15BrN2O3. The van der Waals surface area contributed by atoms with E-state index in [1.165, 1.54) is 0 Å². The molecule has 6 heteroatoms. The number of nitrogens with one attached hydrogen (secondary N) is 1. The highest BCUT2D eigenvalue weighted by Crippen LogP contribution is 2.18. The molecule has 0 spiro atoms. The molecule has 0 amide bonds. The van der Waals surface area contributed by atoms with Gasteiger partial charge in [-0.05, 0) is 40.6 Å². The van der Waals surface area contributed by atoms with Crippen LogP contribution in [-0.4, -0.2) is 23.7 Å². The lowest BCUT2D eigenvalue weighted by molar-refractivity contribution is -0.147. The van der Waals surface area contributed by atoms with Gasteiger partial charge in [0.1, 0.15) is 12.7 Å². The van der Waals surface area contributed by atoms with E-state index in [2.05, 4.69) is 26.4 Å². The Morgan fingerprint density at radius 2 is 2.42 bits per heavy atom. The SMILES string of the molecule is CCCC(=O)OC[C@@H]1C=C(c2ccc(Br)cn2)NO1. The number of hydroxylamine groups is 1. The van der Waals surface area contributed by atoms with Crippen molar-refractivity contribution in [2.75, 3.05) is 6.61 Å². The van der Waals surface area contributed by atoms with Crippen LogP contribution in [0.2, 0.25) is 0 Å². The van der Waals surface area contributed by atoms with Crippen molar-refractivity contribution in [2.45, 2.75) is 25.9 Å². The zero-order chi connectivity index (χ0) is 13.7. The molecule has 2 heterocycles. The Morgan fingerprint density at radius 3 is 3.11 bits per heavy atom. The minimum absolute atomic E-state index is 0.199. The van der Waals surface area contributed by atoms with E-state index in [-0.39, 0.29) is 18.7 Å². The van der Waals surface area contributed by atoms with Gasteiger partial charge < -0.3 is 4.74 Å². The summed E-state index contributed by atoms with van der Waals surface area (Å²) in [6.45, 7) is 2.15. The lowest BCUT2D eigenvalue weighted by Gasteiger charge is -2.08. The lowest BCUT2D eigenvalue weighted by Crippen LogP contribution is -2.20. The second-order valence-corrected chi connectivity index (χ2v) is 5.05. The van der Waals surface area contributed by atoms with Crippen LogP contribution in [0, 0.1) is 0 Å². The molecule has 1 aliphatic rings. The van der Waals surface area contributed by atoms with Gasteiger partial charge in [-0.1, -0.05) is 6.92 Å². The van der Waals surface area contributed by atoms with Crippen molar-refractivity contribution < 1.29 is 14.4 Å². The number of nitrogens with zero attached hydrogens (tertiary/aromatic N) is 1. The number of hydrogen-bond donors (Lipinski definition) is 1. The zero-order valence-electron chi connectivity index (χ0n) is 10.6. The first kappa shape index (κ1) is 14.0. The molecule has 1 aromatic heterocycles. The van der Waals surface area contributed by atoms with E-state index >= 15 is 0 Å². The van der Waals surface area contributed by atoms with Gasteiger partial charge in [0.15, 0.2) is 0 Å². The average molecular weight is 327 g/mol. The van der Waals surface area contributed by atoms with E-state index in [1.54, 1.807) is 6.20 Å². The van der Waals surface area contributed by atoms with Gasteiger partial charge in [0.2, 0.25) is 0 Å². The second-order valence-electron chi connectivity index (χ2n) is 4.13. The minimum Gasteiger partial charge on any atom is -0.462 e. The molecule has 5 nitrogen and oxygen atoms in total. The summed E-state index contributed by atoms with van der Waals surface area (Å²) >= 11 is 3.33. The van der Waals surface area contributed by atoms with Crippen molar-refractivity contribution in [1.29, 1.82) is 0 Å². The standard InChI is InChI=1S/C13H15BrN2O3/c1-2-3-13(17)18-8-10-6-12(16-19-10)11-5-4-9(14)7-15-11/h4-7,10,16H,2-3,8H2,1H3/t10-/m0/s1. The highest BCUT2D eigenvalue weighted by molar-refractivity contribution is 9.10. The van der Waals surface area contributed by atoms with Crippen LogP contribution in [0.15, 0.2) is 28.9 Å². The van der Waals surface area contributed by atoms with E-state index in [1.807, 2.05) is 25.1 Å². The average Bonchev–Trinajstić information content (AvgIpc) is 2.86. The Bertz CT molecular complexity index is 473. The van der Waals surface area contributed by atoms with Gasteiger partial charge in [-0.2, -0.15) is 0 Å². The number of halogens is 1. The predicted molar refractivity (Wildman–Crippen MR) is 73.8 cm³/mol. The predicted octanol–water partition coefficient (Wildman–Crippen LogP) is 2.43. The third-order valence-corrected chi connectivity index (χ3v) is 3.01. The highest BCUT2D eigenvalue weighted by Gasteiger charge is 2.19. The van der Waals surface area contributed by atoms with E-state index < -0.39 is 0 Å². The van der Waals surface area contributed by atoms with Crippen LogP contribution >= 0.6 is 15.9 Å². The van der Waals surface area contributed by atoms with Crippen LogP contribution in [0.3, 0.4) is 0 Å². The van der Waals surface area contributed by atoms with E-state index in [9.17, 15) is 4.79 Å². The molecule has 1 atom stereocenters. The maximum Gasteiger partial charge on any atom is 0.305 e. The summed E-state index contributed by atoms with van der Waals surface area (Å²) < 4.78 is 6.01. The molecule has 0 aliphatic carbocycles. The van der Waals surface area contributed by atoms with Crippen molar-refractivity contribution in [3.05, 3.63) is 34.6 Å². The van der Waals surface area contributed by atoms with Crippen molar-refractivity contribution in [1.82, 2.24) is 10.5 Å². The smallest absolute Gasteiger partial charge is 0.305 e. The topological polar surface area (TPSA) is 60.5 Å². The molecule has 1 aliphatic heterocycles. The first-order valence-electron chi connectivity index (χ1n) is 6.10. The summed E-state index contributed by atoms with van der Waals surface area (Å²) in [4.78, 5) is 20.8. The molecule has 0 aromatic carbocycles. The summed E-state index contributed by atoms with van der Waals surface area (Å²) in [5.74, 6) is -0.199. The summed E-state index contributed by atoms with van der Waals surface area (Å²) in [7, 11) is 0. The van der Waals surface area contributed by atoms with Gasteiger partial charge in [0.05, 0.1) is 11.4 Å². The van der Waals surface area contributed by atoms with Crippen LogP contribution in [0.4, 0.5) is 0 Å². The van der Waals surface area contributed by atoms with Gasteiger partial charge in [-0.15, -0.1) is 0 Å². The monoisotopic (exact) mass is 326 g/mol. The molecule has 0 saturated heterocycles. The van der Waals surface area contributed by atoms with Crippen molar-refractivity contribution in [3.8, 4) is 0 Å². The number of aromatic nitrogens is 1. The maximum atomic E-state index is 11.3. The third kappa shape index (κ3) is 4.04. The Kier molecular flexibility index (Phi) is 4.93. The highest BCUT2D eigenvalue weighted by atomic mass is 79.9. The molecule has 0 saturated carbocycles. The number of carbonyl (C=O) groups excluding carboxylic acids is 1. The van der Waals surface area contributed by atoms with Crippen LogP contribution in [0.5, 0.6) is 0 Å². The molecule has 2 rings (SSSR count). The summed E-state index contributed by atoms with van der Waals surface area (Å²) in [5, 5.41) is 0. The molecule has 102 valence electrons. The maximum absolute atomic E-state index is 11.3. The number of pyridine rings is 1. The summed E-state index contributed by atoms with van der Waals surface area (Å²) in [6.07, 6.45) is 4.51. The molecule has 0 fully saturated rings. The largest absolute Gasteiger partial charge is 0.462 e. The van der Waals surface area contributed by atoms with E-state index in [0.717, 1.165) is 22.3 Å². The fraction of sp³-hybridized carbons (Fsp3) is 0.385. The normalized spacial score (nSPS) is 17.8. The van der Waals surface area contributed by atoms with Crippen molar-refractivity contribution in [2.24, 2.45) is 0 Å². The molecule has 0 unspecified atom stereocenters. The van der Waals surface area contributed by atoms with Crippen LogP contribution < -0.4 is 5.48 Å². The Balaban J connectivity index is 1.90. The molecular weight excluding hydrogens is 312 g/mol. The fourth-order valence-corrected chi connectivity index (χ4v) is 1.83. The van der Waals surface area contributed by atoms with E-state index in [0.29, 0.717) is 6.42 Å². The first-order valence-corrected chi connectivity index (χ1v) is 6.89. The zero-order valence-corrected chi connectivity index (χ0v) is 12.1. The van der Waals surface area contributed by atoms with Crippen LogP contribution in [-0.2, 0) is 14.4 Å². The van der Waals surface area contributed by atoms with Crippen molar-refractivity contribution in [3.63, 3.8) is 0 Å². The Labute approximate surface area is 120 Å². The van der Waals surface area contributed by atoms with Crippen LogP contribution in [0.1, 0.15) is 25.5 Å². The van der Waals surface area contributed by atoms with Crippen molar-refractivity contribution >= 4 is 27.6 Å². The minimum atomic E-state index is -0.277. The number of esters is 1. The Hall–Kier alpha value is -1.40. The van der Waals surface area contributed by atoms with Gasteiger partial charge in [0.25, 0.3) is 0 Å². The van der Waals surface area contributed by atoms with Gasteiger partial charge >= 0.3 is 5.97 Å². The second kappa shape index (κ2) is 6.68. The van der Waals surface area contributed by atoms with Crippen LogP contribution in [0.25, 0.3) is 5.70 Å². The molecule has 1 aromatic rings. The number of carbonyl (C=O) groups is 1. The quantitative estimate of drug-likeness (QED) is 0.842. The molecule has 0 radical (unpaired) electrons. The molecule has 19 heavy (non-hydrogen) atoms. The summed E-state index contributed by atoms with van der Waals surface area (Å²) in [5.41, 5.74) is 4.35. The molecule has 0 bridgehead atoms. The summed E-state index contributed by atoms with van der Waals surface area (Å²) in [6, 6.07) is 3.78. The van der Waals surface area contributed by atoms with E-state index in [4.69, 9.17) is 9.57 Å². The van der Waals surface area contributed by atoms with Gasteiger partial charge in [-0.3, -0.25) is 20.1 Å². The number of rotatable bonds is 5. The first-order chi connectivity index (χ1) is 9.19. The Morgan fingerprint density at radius 1 is 1.58 bits per heavy atom. The lowest BCUT2D eigenvalue weighted by atomic mass is 10.2. The fourth-order valence-electron chi connectivity index (χ4n) is 1.60. The third-order valence-electron chi connectivity index (χ3n) is 2.54. The van der Waals surface area contributed by atoms with Gasteiger partial charge in [-0.25, -0.2) is 0 Å².